The maximum Gasteiger partial charge on any atom is 0.212 e. The molecular weight excluding hydrogens is 284 g/mol. The SMILES string of the molecule is NCC(NS(=O)(=O)CCc1ccccc1)c1ccccc1. The molecule has 0 aliphatic rings. The van der Waals surface area contributed by atoms with E-state index in [2.05, 4.69) is 4.72 Å². The Kier molecular flexibility index (Phi) is 5.50. The van der Waals surface area contributed by atoms with Crippen molar-refractivity contribution < 1.29 is 8.42 Å². The van der Waals surface area contributed by atoms with Crippen molar-refractivity contribution in [3.63, 3.8) is 0 Å². The van der Waals surface area contributed by atoms with Gasteiger partial charge in [0.2, 0.25) is 10.0 Å². The van der Waals surface area contributed by atoms with Crippen molar-refractivity contribution in [2.75, 3.05) is 12.3 Å². The monoisotopic (exact) mass is 304 g/mol. The van der Waals surface area contributed by atoms with E-state index in [0.717, 1.165) is 11.1 Å². The molecule has 21 heavy (non-hydrogen) atoms. The molecule has 1 unspecified atom stereocenters. The van der Waals surface area contributed by atoms with Gasteiger partial charge in [0.25, 0.3) is 0 Å². The van der Waals surface area contributed by atoms with Crippen molar-refractivity contribution in [3.05, 3.63) is 71.8 Å². The Morgan fingerprint density at radius 2 is 1.52 bits per heavy atom. The van der Waals surface area contributed by atoms with E-state index in [1.54, 1.807) is 0 Å². The van der Waals surface area contributed by atoms with Crippen LogP contribution in [-0.2, 0) is 16.4 Å². The number of nitrogens with two attached hydrogens (primary N) is 1. The van der Waals surface area contributed by atoms with Crippen molar-refractivity contribution in [1.29, 1.82) is 0 Å². The highest BCUT2D eigenvalue weighted by atomic mass is 32.2. The topological polar surface area (TPSA) is 72.2 Å². The Labute approximate surface area is 126 Å². The molecular formula is C16H20N2O2S. The molecule has 4 nitrogen and oxygen atoms in total. The van der Waals surface area contributed by atoms with Gasteiger partial charge in [-0.05, 0) is 17.5 Å². The van der Waals surface area contributed by atoms with E-state index < -0.39 is 10.0 Å². The predicted molar refractivity (Wildman–Crippen MR) is 85.3 cm³/mol. The lowest BCUT2D eigenvalue weighted by Crippen LogP contribution is -2.35. The van der Waals surface area contributed by atoms with Gasteiger partial charge in [0.05, 0.1) is 11.8 Å². The minimum Gasteiger partial charge on any atom is -0.329 e. The number of nitrogens with one attached hydrogen (secondary N) is 1. The molecule has 0 spiro atoms. The zero-order valence-electron chi connectivity index (χ0n) is 11.8. The second-order valence-corrected chi connectivity index (χ2v) is 6.74. The molecule has 3 N–H and O–H groups in total. The summed E-state index contributed by atoms with van der Waals surface area (Å²) in [5.41, 5.74) is 7.58. The molecule has 1 atom stereocenters. The van der Waals surface area contributed by atoms with Gasteiger partial charge in [-0.2, -0.15) is 0 Å². The van der Waals surface area contributed by atoms with Gasteiger partial charge in [-0.25, -0.2) is 13.1 Å². The molecule has 2 rings (SSSR count). The average molecular weight is 304 g/mol. The minimum absolute atomic E-state index is 0.0559. The lowest BCUT2D eigenvalue weighted by Gasteiger charge is -2.17. The Balaban J connectivity index is 1.99. The van der Waals surface area contributed by atoms with Crippen molar-refractivity contribution in [1.82, 2.24) is 4.72 Å². The highest BCUT2D eigenvalue weighted by molar-refractivity contribution is 7.89. The molecule has 0 saturated carbocycles. The molecule has 0 aliphatic heterocycles. The Bertz CT molecular complexity index is 642. The molecule has 0 amide bonds. The highest BCUT2D eigenvalue weighted by Crippen LogP contribution is 2.12. The van der Waals surface area contributed by atoms with Crippen LogP contribution in [0.25, 0.3) is 0 Å². The first-order chi connectivity index (χ1) is 10.1. The summed E-state index contributed by atoms with van der Waals surface area (Å²) in [6.07, 6.45) is 0.488. The van der Waals surface area contributed by atoms with Gasteiger partial charge >= 0.3 is 0 Å². The van der Waals surface area contributed by atoms with Gasteiger partial charge in [-0.1, -0.05) is 60.7 Å². The average Bonchev–Trinajstić information content (AvgIpc) is 2.53. The summed E-state index contributed by atoms with van der Waals surface area (Å²) in [6, 6.07) is 18.6. The van der Waals surface area contributed by atoms with Gasteiger partial charge < -0.3 is 5.73 Å². The zero-order chi connectivity index (χ0) is 15.1. The van der Waals surface area contributed by atoms with Crippen LogP contribution in [0.1, 0.15) is 17.2 Å². The van der Waals surface area contributed by atoms with Crippen LogP contribution in [0.4, 0.5) is 0 Å². The van der Waals surface area contributed by atoms with E-state index in [4.69, 9.17) is 5.73 Å². The number of hydrogen-bond donors (Lipinski definition) is 2. The van der Waals surface area contributed by atoms with Crippen molar-refractivity contribution in [2.45, 2.75) is 12.5 Å². The van der Waals surface area contributed by atoms with Crippen molar-refractivity contribution >= 4 is 10.0 Å². The standard InChI is InChI=1S/C16H20N2O2S/c17-13-16(15-9-5-2-6-10-15)18-21(19,20)12-11-14-7-3-1-4-8-14/h1-10,16,18H,11-13,17H2. The van der Waals surface area contributed by atoms with Crippen molar-refractivity contribution in [2.24, 2.45) is 5.73 Å². The van der Waals surface area contributed by atoms with Gasteiger partial charge in [-0.3, -0.25) is 0 Å². The third-order valence-corrected chi connectivity index (χ3v) is 4.65. The molecule has 0 aliphatic carbocycles. The predicted octanol–water partition coefficient (Wildman–Crippen LogP) is 1.85. The summed E-state index contributed by atoms with van der Waals surface area (Å²) in [5, 5.41) is 0. The molecule has 0 saturated heterocycles. The fourth-order valence-corrected chi connectivity index (χ4v) is 3.40. The van der Waals surface area contributed by atoms with Crippen LogP contribution >= 0.6 is 0 Å². The number of benzene rings is 2. The quantitative estimate of drug-likeness (QED) is 0.820. The third-order valence-electron chi connectivity index (χ3n) is 3.26. The molecule has 112 valence electrons. The molecule has 2 aromatic rings. The summed E-state index contributed by atoms with van der Waals surface area (Å²) >= 11 is 0. The van der Waals surface area contributed by atoms with E-state index >= 15 is 0 Å². The van der Waals surface area contributed by atoms with Crippen molar-refractivity contribution in [3.8, 4) is 0 Å². The summed E-state index contributed by atoms with van der Waals surface area (Å²) in [5.74, 6) is 0.0559. The Morgan fingerprint density at radius 1 is 0.952 bits per heavy atom. The first-order valence-corrected chi connectivity index (χ1v) is 8.55. The summed E-state index contributed by atoms with van der Waals surface area (Å²) in [6.45, 7) is 0.231. The van der Waals surface area contributed by atoms with Crippen LogP contribution in [-0.4, -0.2) is 20.7 Å². The molecule has 0 bridgehead atoms. The highest BCUT2D eigenvalue weighted by Gasteiger charge is 2.18. The molecule has 0 aromatic heterocycles. The summed E-state index contributed by atoms with van der Waals surface area (Å²) in [4.78, 5) is 0. The van der Waals surface area contributed by atoms with E-state index in [1.807, 2.05) is 60.7 Å². The van der Waals surface area contributed by atoms with Gasteiger partial charge in [-0.15, -0.1) is 0 Å². The zero-order valence-corrected chi connectivity index (χ0v) is 12.6. The maximum absolute atomic E-state index is 12.2. The largest absolute Gasteiger partial charge is 0.329 e. The second-order valence-electron chi connectivity index (χ2n) is 4.87. The minimum atomic E-state index is -3.37. The first-order valence-electron chi connectivity index (χ1n) is 6.89. The lowest BCUT2D eigenvalue weighted by atomic mass is 10.1. The van der Waals surface area contributed by atoms with E-state index in [9.17, 15) is 8.42 Å². The van der Waals surface area contributed by atoms with Crippen LogP contribution in [0.3, 0.4) is 0 Å². The smallest absolute Gasteiger partial charge is 0.212 e. The van der Waals surface area contributed by atoms with Crippen LogP contribution in [0.5, 0.6) is 0 Å². The number of aryl methyl sites for hydroxylation is 1. The van der Waals surface area contributed by atoms with Gasteiger partial charge in [0, 0.05) is 6.54 Å². The second kappa shape index (κ2) is 7.36. The van der Waals surface area contributed by atoms with Crippen LogP contribution in [0, 0.1) is 0 Å². The van der Waals surface area contributed by atoms with E-state index in [-0.39, 0.29) is 18.3 Å². The molecule has 2 aromatic carbocycles. The normalized spacial score (nSPS) is 13.0. The van der Waals surface area contributed by atoms with Crippen LogP contribution in [0.15, 0.2) is 60.7 Å². The number of hydrogen-bond acceptors (Lipinski definition) is 3. The maximum atomic E-state index is 12.2. The summed E-state index contributed by atoms with van der Waals surface area (Å²) < 4.78 is 27.0. The molecule has 0 heterocycles. The first kappa shape index (κ1) is 15.7. The summed E-state index contributed by atoms with van der Waals surface area (Å²) in [7, 11) is -3.37. The number of sulfonamides is 1. The van der Waals surface area contributed by atoms with Crippen LogP contribution < -0.4 is 10.5 Å². The number of rotatable bonds is 7. The van der Waals surface area contributed by atoms with Gasteiger partial charge in [0.15, 0.2) is 0 Å². The Morgan fingerprint density at radius 3 is 2.10 bits per heavy atom. The third kappa shape index (κ3) is 4.97. The molecule has 0 radical (unpaired) electrons. The fourth-order valence-electron chi connectivity index (χ4n) is 2.11. The van der Waals surface area contributed by atoms with E-state index in [0.29, 0.717) is 6.42 Å². The van der Waals surface area contributed by atoms with Gasteiger partial charge in [0.1, 0.15) is 0 Å². The van der Waals surface area contributed by atoms with Crippen LogP contribution in [0.2, 0.25) is 0 Å². The lowest BCUT2D eigenvalue weighted by molar-refractivity contribution is 0.557. The van der Waals surface area contributed by atoms with E-state index in [1.165, 1.54) is 0 Å². The Hall–Kier alpha value is -1.69. The molecule has 5 heteroatoms. The fraction of sp³-hybridized carbons (Fsp3) is 0.250. The molecule has 0 fully saturated rings.